The van der Waals surface area contributed by atoms with Crippen LogP contribution in [0.2, 0.25) is 0 Å². The van der Waals surface area contributed by atoms with Crippen molar-refractivity contribution in [2.45, 2.75) is 13.3 Å². The Morgan fingerprint density at radius 1 is 1.33 bits per heavy atom. The number of methoxy groups -OCH3 is 1. The molecule has 0 saturated carbocycles. The lowest BCUT2D eigenvalue weighted by molar-refractivity contribution is -0.115. The van der Waals surface area contributed by atoms with E-state index in [9.17, 15) is 14.7 Å². The summed E-state index contributed by atoms with van der Waals surface area (Å²) in [5.74, 6) is -0.609. The van der Waals surface area contributed by atoms with Gasteiger partial charge in [0, 0.05) is 12.0 Å². The molecule has 0 fully saturated rings. The van der Waals surface area contributed by atoms with Crippen molar-refractivity contribution < 1.29 is 19.4 Å². The molecule has 1 amide bonds. The second-order valence-electron chi connectivity index (χ2n) is 4.13. The van der Waals surface area contributed by atoms with Crippen molar-refractivity contribution in [3.05, 3.63) is 29.1 Å². The minimum Gasteiger partial charge on any atom is -0.497 e. The highest BCUT2D eigenvalue weighted by Gasteiger charge is 2.19. The zero-order valence-corrected chi connectivity index (χ0v) is 12.4. The summed E-state index contributed by atoms with van der Waals surface area (Å²) in [4.78, 5) is 27.0. The third-order valence-electron chi connectivity index (χ3n) is 2.75. The number of carboxylic acids is 1. The molecule has 1 aromatic carbocycles. The molecule has 1 heterocycles. The zero-order chi connectivity index (χ0) is 15.4. The Morgan fingerprint density at radius 2 is 2.00 bits per heavy atom. The molecule has 0 aliphatic rings. The number of ether oxygens (including phenoxy) is 1. The lowest BCUT2D eigenvalue weighted by Gasteiger charge is -2.02. The molecule has 0 aliphatic heterocycles. The molecule has 1 aromatic heterocycles. The number of rotatable bonds is 5. The number of carbonyl (C=O) groups is 2. The summed E-state index contributed by atoms with van der Waals surface area (Å²) < 4.78 is 5.06. The first-order valence-electron chi connectivity index (χ1n) is 6.23. The molecule has 2 rings (SSSR count). The van der Waals surface area contributed by atoms with Crippen molar-refractivity contribution in [1.82, 2.24) is 4.98 Å². The fourth-order valence-corrected chi connectivity index (χ4v) is 2.51. The lowest BCUT2D eigenvalue weighted by Crippen LogP contribution is -2.08. The maximum absolute atomic E-state index is 11.4. The molecule has 0 unspecified atom stereocenters. The van der Waals surface area contributed by atoms with Gasteiger partial charge < -0.3 is 15.2 Å². The number of benzene rings is 1. The third-order valence-corrected chi connectivity index (χ3v) is 3.71. The Hall–Kier alpha value is -2.41. The number of amides is 1. The van der Waals surface area contributed by atoms with Crippen molar-refractivity contribution in [2.75, 3.05) is 12.4 Å². The number of carbonyl (C=O) groups excluding carboxylic acids is 1. The topological polar surface area (TPSA) is 88.5 Å². The summed E-state index contributed by atoms with van der Waals surface area (Å²) in [5, 5.41) is 12.1. The number of carboxylic acid groups (broad SMARTS) is 1. The Bertz CT molecular complexity index is 664. The standard InChI is InChI=1S/C14H14N2O4S/c1-3-10(17)15-14-16-11(12(21-14)13(18)19)8-4-6-9(20-2)7-5-8/h4-7H,3H2,1-2H3,(H,18,19)(H,15,16,17). The second-order valence-corrected chi connectivity index (χ2v) is 5.13. The number of aromatic carboxylic acids is 1. The van der Waals surface area contributed by atoms with Crippen LogP contribution in [0.25, 0.3) is 11.3 Å². The summed E-state index contributed by atoms with van der Waals surface area (Å²) >= 11 is 0.942. The van der Waals surface area contributed by atoms with Crippen LogP contribution in [0.15, 0.2) is 24.3 Å². The van der Waals surface area contributed by atoms with Crippen molar-refractivity contribution in [3.8, 4) is 17.0 Å². The Balaban J connectivity index is 2.40. The maximum Gasteiger partial charge on any atom is 0.348 e. The van der Waals surface area contributed by atoms with Gasteiger partial charge in [-0.15, -0.1) is 0 Å². The first-order valence-corrected chi connectivity index (χ1v) is 7.05. The van der Waals surface area contributed by atoms with Crippen molar-refractivity contribution in [3.63, 3.8) is 0 Å². The second kappa shape index (κ2) is 6.36. The molecular formula is C14H14N2O4S. The minimum atomic E-state index is -1.07. The van der Waals surface area contributed by atoms with Gasteiger partial charge in [0.05, 0.1) is 12.8 Å². The summed E-state index contributed by atoms with van der Waals surface area (Å²) in [7, 11) is 1.55. The van der Waals surface area contributed by atoms with Crippen molar-refractivity contribution >= 4 is 28.3 Å². The molecular weight excluding hydrogens is 292 g/mol. The van der Waals surface area contributed by atoms with E-state index in [0.717, 1.165) is 11.3 Å². The van der Waals surface area contributed by atoms with Gasteiger partial charge in [-0.1, -0.05) is 18.3 Å². The lowest BCUT2D eigenvalue weighted by atomic mass is 10.1. The van der Waals surface area contributed by atoms with E-state index in [0.29, 0.717) is 23.4 Å². The smallest absolute Gasteiger partial charge is 0.348 e. The van der Waals surface area contributed by atoms with Crippen LogP contribution < -0.4 is 10.1 Å². The van der Waals surface area contributed by atoms with Crippen molar-refractivity contribution in [1.29, 1.82) is 0 Å². The van der Waals surface area contributed by atoms with Crippen LogP contribution >= 0.6 is 11.3 Å². The highest BCUT2D eigenvalue weighted by molar-refractivity contribution is 7.18. The van der Waals surface area contributed by atoms with Gasteiger partial charge in [0.2, 0.25) is 5.91 Å². The van der Waals surface area contributed by atoms with Gasteiger partial charge in [0.15, 0.2) is 5.13 Å². The predicted octanol–water partition coefficient (Wildman–Crippen LogP) is 2.87. The van der Waals surface area contributed by atoms with Gasteiger partial charge in [-0.05, 0) is 24.3 Å². The molecule has 7 heteroatoms. The predicted molar refractivity (Wildman–Crippen MR) is 80.0 cm³/mol. The molecule has 21 heavy (non-hydrogen) atoms. The molecule has 0 aliphatic carbocycles. The quantitative estimate of drug-likeness (QED) is 0.886. The number of nitrogens with zero attached hydrogens (tertiary/aromatic N) is 1. The molecule has 2 N–H and O–H groups in total. The van der Waals surface area contributed by atoms with Crippen LogP contribution in [-0.4, -0.2) is 29.1 Å². The number of hydrogen-bond donors (Lipinski definition) is 2. The average Bonchev–Trinajstić information content (AvgIpc) is 2.91. The molecule has 0 bridgehead atoms. The molecule has 0 saturated heterocycles. The van der Waals surface area contributed by atoms with E-state index in [1.54, 1.807) is 38.3 Å². The number of aromatic nitrogens is 1. The number of thiazole rings is 1. The monoisotopic (exact) mass is 306 g/mol. The molecule has 2 aromatic rings. The van der Waals surface area contributed by atoms with Gasteiger partial charge in [-0.3, -0.25) is 4.79 Å². The molecule has 0 atom stereocenters. The number of hydrogen-bond acceptors (Lipinski definition) is 5. The average molecular weight is 306 g/mol. The number of nitrogens with one attached hydrogen (secondary N) is 1. The van der Waals surface area contributed by atoms with Crippen LogP contribution in [-0.2, 0) is 4.79 Å². The van der Waals surface area contributed by atoms with Gasteiger partial charge >= 0.3 is 5.97 Å². The van der Waals surface area contributed by atoms with E-state index in [1.807, 2.05) is 0 Å². The van der Waals surface area contributed by atoms with Gasteiger partial charge in [-0.2, -0.15) is 0 Å². The highest BCUT2D eigenvalue weighted by atomic mass is 32.1. The van der Waals surface area contributed by atoms with E-state index in [4.69, 9.17) is 4.74 Å². The van der Waals surface area contributed by atoms with Gasteiger partial charge in [0.1, 0.15) is 10.6 Å². The SMILES string of the molecule is CCC(=O)Nc1nc(-c2ccc(OC)cc2)c(C(=O)O)s1. The Labute approximate surface area is 125 Å². The van der Waals surface area contributed by atoms with Gasteiger partial charge in [0.25, 0.3) is 0 Å². The van der Waals surface area contributed by atoms with E-state index in [2.05, 4.69) is 10.3 Å². The Kier molecular flexibility index (Phi) is 4.54. The number of anilines is 1. The van der Waals surface area contributed by atoms with E-state index < -0.39 is 5.97 Å². The highest BCUT2D eigenvalue weighted by Crippen LogP contribution is 2.32. The normalized spacial score (nSPS) is 10.2. The van der Waals surface area contributed by atoms with Crippen LogP contribution in [0.1, 0.15) is 23.0 Å². The third kappa shape index (κ3) is 3.38. The van der Waals surface area contributed by atoms with E-state index in [1.165, 1.54) is 0 Å². The zero-order valence-electron chi connectivity index (χ0n) is 11.5. The fraction of sp³-hybridized carbons (Fsp3) is 0.214. The summed E-state index contributed by atoms with van der Waals surface area (Å²) in [6.45, 7) is 1.71. The molecule has 6 nitrogen and oxygen atoms in total. The molecule has 0 spiro atoms. The van der Waals surface area contributed by atoms with Crippen LogP contribution in [0, 0.1) is 0 Å². The minimum absolute atomic E-state index is 0.0894. The maximum atomic E-state index is 11.4. The van der Waals surface area contributed by atoms with Gasteiger partial charge in [-0.25, -0.2) is 9.78 Å². The molecule has 110 valence electrons. The summed E-state index contributed by atoms with van der Waals surface area (Å²) in [5.41, 5.74) is 0.989. The first-order chi connectivity index (χ1) is 10.0. The molecule has 0 radical (unpaired) electrons. The first kappa shape index (κ1) is 15.0. The largest absolute Gasteiger partial charge is 0.497 e. The Morgan fingerprint density at radius 3 is 2.52 bits per heavy atom. The summed E-state index contributed by atoms with van der Waals surface area (Å²) in [6.07, 6.45) is 0.305. The van der Waals surface area contributed by atoms with E-state index >= 15 is 0 Å². The summed E-state index contributed by atoms with van der Waals surface area (Å²) in [6, 6.07) is 6.91. The van der Waals surface area contributed by atoms with Crippen LogP contribution in [0.4, 0.5) is 5.13 Å². The van der Waals surface area contributed by atoms with E-state index in [-0.39, 0.29) is 15.9 Å². The van der Waals surface area contributed by atoms with Crippen LogP contribution in [0.5, 0.6) is 5.75 Å². The fourth-order valence-electron chi connectivity index (χ4n) is 1.67. The van der Waals surface area contributed by atoms with Crippen molar-refractivity contribution in [2.24, 2.45) is 0 Å². The van der Waals surface area contributed by atoms with Crippen LogP contribution in [0.3, 0.4) is 0 Å².